The Labute approximate surface area is 204 Å². The van der Waals surface area contributed by atoms with E-state index in [-0.39, 0.29) is 42.4 Å². The number of guanidine groups is 1. The van der Waals surface area contributed by atoms with E-state index < -0.39 is 10.0 Å². The molecule has 10 heteroatoms. The summed E-state index contributed by atoms with van der Waals surface area (Å²) in [6, 6.07) is 8.00. The summed E-state index contributed by atoms with van der Waals surface area (Å²) in [7, 11) is -1.63. The maximum absolute atomic E-state index is 12.5. The maximum atomic E-state index is 12.5. The van der Waals surface area contributed by atoms with Crippen molar-refractivity contribution in [3.63, 3.8) is 0 Å². The second-order valence-corrected chi connectivity index (χ2v) is 9.55. The summed E-state index contributed by atoms with van der Waals surface area (Å²) in [4.78, 5) is 6.88. The molecule has 0 aromatic heterocycles. The summed E-state index contributed by atoms with van der Waals surface area (Å²) in [6.45, 7) is 9.66. The first-order chi connectivity index (χ1) is 14.4. The number of nitrogens with one attached hydrogen (secondary N) is 1. The number of halogens is 1. The number of hydrogen-bond donors (Lipinski definition) is 1. The van der Waals surface area contributed by atoms with E-state index in [1.165, 1.54) is 5.56 Å². The molecule has 0 amide bonds. The van der Waals surface area contributed by atoms with Crippen LogP contribution in [0, 0.1) is 0 Å². The Bertz CT molecular complexity index is 781. The van der Waals surface area contributed by atoms with Gasteiger partial charge in [-0.15, -0.1) is 24.0 Å². The number of methoxy groups -OCH3 is 1. The molecule has 0 radical (unpaired) electrons. The number of aliphatic imine (C=N–C) groups is 1. The van der Waals surface area contributed by atoms with Gasteiger partial charge in [-0.3, -0.25) is 4.99 Å². The zero-order valence-electron chi connectivity index (χ0n) is 19.0. The first-order valence-corrected chi connectivity index (χ1v) is 12.2. The van der Waals surface area contributed by atoms with Crippen LogP contribution < -0.4 is 10.1 Å². The highest BCUT2D eigenvalue weighted by Gasteiger charge is 2.28. The van der Waals surface area contributed by atoms with Crippen molar-refractivity contribution in [3.05, 3.63) is 29.8 Å². The molecule has 1 N–H and O–H groups in total. The minimum absolute atomic E-state index is 0. The van der Waals surface area contributed by atoms with Crippen LogP contribution in [-0.4, -0.2) is 88.4 Å². The Balaban J connectivity index is 0.00000480. The van der Waals surface area contributed by atoms with Crippen molar-refractivity contribution in [2.24, 2.45) is 4.99 Å². The molecule has 1 fully saturated rings. The van der Waals surface area contributed by atoms with Gasteiger partial charge in [0, 0.05) is 39.3 Å². The number of piperazine rings is 1. The topological polar surface area (TPSA) is 83.5 Å². The molecule has 8 nitrogen and oxygen atoms in total. The van der Waals surface area contributed by atoms with Gasteiger partial charge in [0.1, 0.15) is 5.75 Å². The van der Waals surface area contributed by atoms with Crippen molar-refractivity contribution >= 4 is 40.0 Å². The molecule has 1 saturated heterocycles. The molecule has 0 spiro atoms. The van der Waals surface area contributed by atoms with E-state index in [1.54, 1.807) is 11.4 Å². The minimum atomic E-state index is -3.29. The number of hydrogen-bond acceptors (Lipinski definition) is 5. The average molecular weight is 569 g/mol. The van der Waals surface area contributed by atoms with Gasteiger partial charge in [0.25, 0.3) is 0 Å². The Morgan fingerprint density at radius 1 is 1.23 bits per heavy atom. The fourth-order valence-corrected chi connectivity index (χ4v) is 4.53. The van der Waals surface area contributed by atoms with Gasteiger partial charge in [-0.25, -0.2) is 8.42 Å². The van der Waals surface area contributed by atoms with Gasteiger partial charge in [-0.2, -0.15) is 4.31 Å². The Morgan fingerprint density at radius 3 is 2.55 bits per heavy atom. The number of benzene rings is 1. The SMILES string of the molecule is CCNC(=NCCc1cccc(OC)c1)N1CCN(S(=O)(=O)CCOC(C)C)CC1.I. The summed E-state index contributed by atoms with van der Waals surface area (Å²) in [5, 5.41) is 3.32. The van der Waals surface area contributed by atoms with Gasteiger partial charge < -0.3 is 19.7 Å². The molecule has 1 aromatic rings. The third-order valence-electron chi connectivity index (χ3n) is 4.86. The van der Waals surface area contributed by atoms with Crippen molar-refractivity contribution in [1.82, 2.24) is 14.5 Å². The largest absolute Gasteiger partial charge is 0.497 e. The summed E-state index contributed by atoms with van der Waals surface area (Å²) < 4.78 is 37.3. The number of nitrogens with zero attached hydrogens (tertiary/aromatic N) is 3. The van der Waals surface area contributed by atoms with Crippen molar-refractivity contribution in [3.8, 4) is 5.75 Å². The Hall–Kier alpha value is -1.11. The first kappa shape index (κ1) is 27.9. The smallest absolute Gasteiger partial charge is 0.216 e. The van der Waals surface area contributed by atoms with Crippen LogP contribution in [0.5, 0.6) is 5.75 Å². The summed E-state index contributed by atoms with van der Waals surface area (Å²) >= 11 is 0. The number of rotatable bonds is 10. The highest BCUT2D eigenvalue weighted by Crippen LogP contribution is 2.13. The van der Waals surface area contributed by atoms with E-state index in [1.807, 2.05) is 39.0 Å². The van der Waals surface area contributed by atoms with E-state index in [2.05, 4.69) is 16.3 Å². The fraction of sp³-hybridized carbons (Fsp3) is 0.667. The lowest BCUT2D eigenvalue weighted by Gasteiger charge is -2.36. The van der Waals surface area contributed by atoms with Crippen LogP contribution in [0.1, 0.15) is 26.3 Å². The minimum Gasteiger partial charge on any atom is -0.497 e. The molecule has 31 heavy (non-hydrogen) atoms. The highest BCUT2D eigenvalue weighted by atomic mass is 127. The zero-order chi connectivity index (χ0) is 22.0. The number of sulfonamides is 1. The number of ether oxygens (including phenoxy) is 2. The van der Waals surface area contributed by atoms with Crippen molar-refractivity contribution in [2.75, 3.05) is 58.7 Å². The zero-order valence-corrected chi connectivity index (χ0v) is 22.2. The summed E-state index contributed by atoms with van der Waals surface area (Å²) in [5.41, 5.74) is 1.17. The summed E-state index contributed by atoms with van der Waals surface area (Å²) in [5.74, 6) is 1.71. The van der Waals surface area contributed by atoms with E-state index >= 15 is 0 Å². The van der Waals surface area contributed by atoms with Gasteiger partial charge in [-0.1, -0.05) is 12.1 Å². The van der Waals surface area contributed by atoms with Gasteiger partial charge in [0.05, 0.1) is 25.6 Å². The third kappa shape index (κ3) is 9.50. The van der Waals surface area contributed by atoms with Crippen LogP contribution in [0.4, 0.5) is 0 Å². The normalized spacial score (nSPS) is 15.6. The van der Waals surface area contributed by atoms with Gasteiger partial charge in [0.15, 0.2) is 5.96 Å². The molecule has 0 atom stereocenters. The molecule has 1 heterocycles. The first-order valence-electron chi connectivity index (χ1n) is 10.6. The standard InChI is InChI=1S/C21H36N4O4S.HI/c1-5-22-21(23-10-9-19-7-6-8-20(17-19)28-4)24-11-13-25(14-12-24)30(26,27)16-15-29-18(2)3;/h6-8,17-18H,5,9-16H2,1-4H3,(H,22,23);1H. The molecular weight excluding hydrogens is 531 g/mol. The van der Waals surface area contributed by atoms with Crippen LogP contribution in [0.15, 0.2) is 29.3 Å². The lowest BCUT2D eigenvalue weighted by molar-refractivity contribution is 0.0904. The average Bonchev–Trinajstić information content (AvgIpc) is 2.73. The maximum Gasteiger partial charge on any atom is 0.216 e. The van der Waals surface area contributed by atoms with Crippen LogP contribution in [0.3, 0.4) is 0 Å². The van der Waals surface area contributed by atoms with E-state index in [0.29, 0.717) is 32.7 Å². The Morgan fingerprint density at radius 2 is 1.94 bits per heavy atom. The lowest BCUT2D eigenvalue weighted by atomic mass is 10.1. The molecular formula is C21H37IN4O4S. The van der Waals surface area contributed by atoms with Gasteiger partial charge >= 0.3 is 0 Å². The highest BCUT2D eigenvalue weighted by molar-refractivity contribution is 14.0. The molecule has 0 unspecified atom stereocenters. The van der Waals surface area contributed by atoms with Crippen molar-refractivity contribution in [2.45, 2.75) is 33.3 Å². The van der Waals surface area contributed by atoms with E-state index in [9.17, 15) is 8.42 Å². The molecule has 1 aromatic carbocycles. The van der Waals surface area contributed by atoms with Gasteiger partial charge in [0.2, 0.25) is 10.0 Å². The molecule has 0 bridgehead atoms. The molecule has 0 saturated carbocycles. The quantitative estimate of drug-likeness (QED) is 0.265. The van der Waals surface area contributed by atoms with Crippen molar-refractivity contribution < 1.29 is 17.9 Å². The van der Waals surface area contributed by atoms with Crippen molar-refractivity contribution in [1.29, 1.82) is 0 Å². The van der Waals surface area contributed by atoms with Crippen LogP contribution in [0.2, 0.25) is 0 Å². The monoisotopic (exact) mass is 568 g/mol. The van der Waals surface area contributed by atoms with Crippen LogP contribution >= 0.6 is 24.0 Å². The fourth-order valence-electron chi connectivity index (χ4n) is 3.24. The lowest BCUT2D eigenvalue weighted by Crippen LogP contribution is -2.54. The van der Waals surface area contributed by atoms with E-state index in [4.69, 9.17) is 14.5 Å². The van der Waals surface area contributed by atoms with E-state index in [0.717, 1.165) is 24.7 Å². The predicted octanol–water partition coefficient (Wildman–Crippen LogP) is 2.19. The van der Waals surface area contributed by atoms with Crippen LogP contribution in [0.25, 0.3) is 0 Å². The van der Waals surface area contributed by atoms with Crippen LogP contribution in [-0.2, 0) is 21.2 Å². The summed E-state index contributed by atoms with van der Waals surface area (Å²) in [6.07, 6.45) is 0.851. The molecule has 1 aliphatic heterocycles. The second-order valence-electron chi connectivity index (χ2n) is 7.46. The molecule has 1 aliphatic rings. The van der Waals surface area contributed by atoms with Gasteiger partial charge in [-0.05, 0) is 44.9 Å². The Kier molecular flexibility index (Phi) is 12.7. The second kappa shape index (κ2) is 14.1. The molecule has 0 aliphatic carbocycles. The molecule has 178 valence electrons. The molecule has 2 rings (SSSR count). The third-order valence-corrected chi connectivity index (χ3v) is 6.69. The predicted molar refractivity (Wildman–Crippen MR) is 136 cm³/mol.